The van der Waals surface area contributed by atoms with E-state index in [-0.39, 0.29) is 18.4 Å². The van der Waals surface area contributed by atoms with Crippen molar-refractivity contribution in [2.75, 3.05) is 18.9 Å². The second-order valence-corrected chi connectivity index (χ2v) is 7.81. The first kappa shape index (κ1) is 20.5. The van der Waals surface area contributed by atoms with Crippen LogP contribution in [-0.4, -0.2) is 35.3 Å². The molecule has 1 aromatic heterocycles. The lowest BCUT2D eigenvalue weighted by Gasteiger charge is -2.19. The summed E-state index contributed by atoms with van der Waals surface area (Å²) >= 11 is 0. The number of aryl methyl sites for hydroxylation is 5. The highest BCUT2D eigenvalue weighted by Gasteiger charge is 2.19. The third-order valence-corrected chi connectivity index (χ3v) is 4.99. The highest BCUT2D eigenvalue weighted by Crippen LogP contribution is 2.23. The van der Waals surface area contributed by atoms with Gasteiger partial charge in [-0.2, -0.15) is 0 Å². The first-order chi connectivity index (χ1) is 13.7. The van der Waals surface area contributed by atoms with Crippen LogP contribution in [0.5, 0.6) is 0 Å². The number of nitrogens with zero attached hydrogens (tertiary/aromatic N) is 2. The maximum absolute atomic E-state index is 13.1. The molecule has 5 heteroatoms. The smallest absolute Gasteiger partial charge is 0.254 e. The molecule has 0 fully saturated rings. The Bertz CT molecular complexity index is 1100. The zero-order valence-corrected chi connectivity index (χ0v) is 17.9. The van der Waals surface area contributed by atoms with E-state index >= 15 is 0 Å². The summed E-state index contributed by atoms with van der Waals surface area (Å²) in [5, 5.41) is 3.76. The van der Waals surface area contributed by atoms with Gasteiger partial charge in [-0.15, -0.1) is 0 Å². The van der Waals surface area contributed by atoms with Crippen molar-refractivity contribution in [2.24, 2.45) is 0 Å². The molecule has 0 aliphatic carbocycles. The summed E-state index contributed by atoms with van der Waals surface area (Å²) in [5.74, 6) is -0.416. The van der Waals surface area contributed by atoms with Crippen molar-refractivity contribution in [2.45, 2.75) is 34.6 Å². The molecule has 0 atom stereocenters. The molecule has 0 spiro atoms. The first-order valence-electron chi connectivity index (χ1n) is 9.67. The Labute approximate surface area is 171 Å². The third kappa shape index (κ3) is 4.45. The second-order valence-electron chi connectivity index (χ2n) is 7.81. The molecule has 29 heavy (non-hydrogen) atoms. The molecular formula is C24H27N3O2. The average Bonchev–Trinajstić information content (AvgIpc) is 2.63. The van der Waals surface area contributed by atoms with Crippen LogP contribution in [-0.2, 0) is 4.79 Å². The van der Waals surface area contributed by atoms with Crippen LogP contribution >= 0.6 is 0 Å². The number of carbonyl (C=O) groups is 2. The molecule has 1 N–H and O–H groups in total. The molecule has 1 heterocycles. The second kappa shape index (κ2) is 8.03. The van der Waals surface area contributed by atoms with Gasteiger partial charge in [-0.25, -0.2) is 0 Å². The van der Waals surface area contributed by atoms with Crippen molar-refractivity contribution in [3.63, 3.8) is 0 Å². The van der Waals surface area contributed by atoms with Gasteiger partial charge in [0, 0.05) is 23.8 Å². The molecule has 0 saturated carbocycles. The van der Waals surface area contributed by atoms with E-state index in [1.807, 2.05) is 65.0 Å². The standard InChI is InChI=1S/C24H27N3O2/c1-14-7-8-21-19(11-14)20(12-18(5)25-21)24(29)27(6)13-22(28)26-23-16(3)9-15(2)10-17(23)4/h7-12H,13H2,1-6H3,(H,26,28). The number of fused-ring (bicyclic) bond motifs is 1. The lowest BCUT2D eigenvalue weighted by Crippen LogP contribution is -2.35. The van der Waals surface area contributed by atoms with Gasteiger partial charge in [0.25, 0.3) is 5.91 Å². The minimum atomic E-state index is -0.220. The summed E-state index contributed by atoms with van der Waals surface area (Å²) in [6.07, 6.45) is 0. The van der Waals surface area contributed by atoms with E-state index in [9.17, 15) is 9.59 Å². The van der Waals surface area contributed by atoms with Crippen molar-refractivity contribution in [3.05, 3.63) is 69.9 Å². The molecule has 0 aliphatic heterocycles. The maximum atomic E-state index is 13.1. The Hall–Kier alpha value is -3.21. The number of pyridine rings is 1. The molecule has 3 aromatic rings. The molecule has 2 amide bonds. The van der Waals surface area contributed by atoms with Crippen molar-refractivity contribution < 1.29 is 9.59 Å². The van der Waals surface area contributed by atoms with Crippen molar-refractivity contribution >= 4 is 28.4 Å². The van der Waals surface area contributed by atoms with Crippen LogP contribution in [0.4, 0.5) is 5.69 Å². The monoisotopic (exact) mass is 389 g/mol. The number of benzene rings is 2. The van der Waals surface area contributed by atoms with Gasteiger partial charge < -0.3 is 10.2 Å². The van der Waals surface area contributed by atoms with E-state index in [0.29, 0.717) is 5.56 Å². The number of rotatable bonds is 4. The van der Waals surface area contributed by atoms with Gasteiger partial charge in [0.2, 0.25) is 5.91 Å². The number of hydrogen-bond donors (Lipinski definition) is 1. The summed E-state index contributed by atoms with van der Waals surface area (Å²) in [4.78, 5) is 31.7. The lowest BCUT2D eigenvalue weighted by atomic mass is 10.0. The SMILES string of the molecule is Cc1cc(C)c(NC(=O)CN(C)C(=O)c2cc(C)nc3ccc(C)cc23)c(C)c1. The Morgan fingerprint density at radius 1 is 0.931 bits per heavy atom. The van der Waals surface area contributed by atoms with Crippen LogP contribution in [0, 0.1) is 34.6 Å². The fourth-order valence-electron chi connectivity index (χ4n) is 3.70. The summed E-state index contributed by atoms with van der Waals surface area (Å²) < 4.78 is 0. The van der Waals surface area contributed by atoms with Gasteiger partial charge in [-0.3, -0.25) is 14.6 Å². The molecular weight excluding hydrogens is 362 g/mol. The molecule has 3 rings (SSSR count). The molecule has 5 nitrogen and oxygen atoms in total. The minimum absolute atomic E-state index is 0.0275. The van der Waals surface area contributed by atoms with Crippen LogP contribution < -0.4 is 5.32 Å². The van der Waals surface area contributed by atoms with Crippen molar-refractivity contribution in [1.29, 1.82) is 0 Å². The number of hydrogen-bond acceptors (Lipinski definition) is 3. The van der Waals surface area contributed by atoms with Crippen molar-refractivity contribution in [1.82, 2.24) is 9.88 Å². The number of nitrogens with one attached hydrogen (secondary N) is 1. The van der Waals surface area contributed by atoms with Gasteiger partial charge in [-0.05, 0) is 63.9 Å². The highest BCUT2D eigenvalue weighted by molar-refractivity contribution is 6.07. The van der Waals surface area contributed by atoms with Gasteiger partial charge in [-0.1, -0.05) is 29.3 Å². The zero-order valence-electron chi connectivity index (χ0n) is 17.9. The molecule has 2 aromatic carbocycles. The van der Waals surface area contributed by atoms with E-state index in [1.165, 1.54) is 4.90 Å². The van der Waals surface area contributed by atoms with Crippen LogP contribution in [0.1, 0.15) is 38.3 Å². The molecule has 0 unspecified atom stereocenters. The number of amides is 2. The first-order valence-corrected chi connectivity index (χ1v) is 9.67. The summed E-state index contributed by atoms with van der Waals surface area (Å²) in [6, 6.07) is 11.7. The summed E-state index contributed by atoms with van der Waals surface area (Å²) in [7, 11) is 1.65. The zero-order chi connectivity index (χ0) is 21.3. The molecule has 0 saturated heterocycles. The van der Waals surface area contributed by atoms with E-state index < -0.39 is 0 Å². The Balaban J connectivity index is 1.82. The number of aromatic nitrogens is 1. The normalized spacial score (nSPS) is 10.8. The molecule has 0 radical (unpaired) electrons. The van der Waals surface area contributed by atoms with Gasteiger partial charge in [0.1, 0.15) is 0 Å². The molecule has 0 aliphatic rings. The summed E-state index contributed by atoms with van der Waals surface area (Å²) in [5.41, 5.74) is 7.16. The third-order valence-electron chi connectivity index (χ3n) is 4.99. The van der Waals surface area contributed by atoms with Crippen LogP contribution in [0.3, 0.4) is 0 Å². The van der Waals surface area contributed by atoms with E-state index in [0.717, 1.165) is 44.5 Å². The van der Waals surface area contributed by atoms with E-state index in [2.05, 4.69) is 10.3 Å². The lowest BCUT2D eigenvalue weighted by molar-refractivity contribution is -0.116. The topological polar surface area (TPSA) is 62.3 Å². The number of carbonyl (C=O) groups excluding carboxylic acids is 2. The number of likely N-dealkylation sites (N-methyl/N-ethyl adjacent to an activating group) is 1. The van der Waals surface area contributed by atoms with Crippen LogP contribution in [0.25, 0.3) is 10.9 Å². The number of anilines is 1. The maximum Gasteiger partial charge on any atom is 0.254 e. The Kier molecular flexibility index (Phi) is 5.69. The molecule has 0 bridgehead atoms. The van der Waals surface area contributed by atoms with Gasteiger partial charge >= 0.3 is 0 Å². The Morgan fingerprint density at radius 2 is 1.59 bits per heavy atom. The van der Waals surface area contributed by atoms with Crippen LogP contribution in [0.15, 0.2) is 36.4 Å². The average molecular weight is 389 g/mol. The van der Waals surface area contributed by atoms with Gasteiger partial charge in [0.05, 0.1) is 17.6 Å². The van der Waals surface area contributed by atoms with Crippen LogP contribution in [0.2, 0.25) is 0 Å². The fraction of sp³-hybridized carbons (Fsp3) is 0.292. The minimum Gasteiger partial charge on any atom is -0.332 e. The van der Waals surface area contributed by atoms with Gasteiger partial charge in [0.15, 0.2) is 0 Å². The fourth-order valence-corrected chi connectivity index (χ4v) is 3.70. The Morgan fingerprint density at radius 3 is 2.24 bits per heavy atom. The molecule has 150 valence electrons. The largest absolute Gasteiger partial charge is 0.332 e. The highest BCUT2D eigenvalue weighted by atomic mass is 16.2. The summed E-state index contributed by atoms with van der Waals surface area (Å²) in [6.45, 7) is 9.79. The van der Waals surface area contributed by atoms with Crippen molar-refractivity contribution in [3.8, 4) is 0 Å². The predicted molar refractivity (Wildman–Crippen MR) is 117 cm³/mol. The van der Waals surface area contributed by atoms with E-state index in [1.54, 1.807) is 13.1 Å². The quantitative estimate of drug-likeness (QED) is 0.715. The van der Waals surface area contributed by atoms with E-state index in [4.69, 9.17) is 0 Å². The predicted octanol–water partition coefficient (Wildman–Crippen LogP) is 4.49.